The number of hydrogen-bond acceptors (Lipinski definition) is 4. The second-order valence-corrected chi connectivity index (χ2v) is 5.02. The second kappa shape index (κ2) is 7.05. The van der Waals surface area contributed by atoms with Gasteiger partial charge < -0.3 is 10.1 Å². The van der Waals surface area contributed by atoms with E-state index < -0.39 is 0 Å². The summed E-state index contributed by atoms with van der Waals surface area (Å²) in [7, 11) is 0. The lowest BCUT2D eigenvalue weighted by atomic mass is 10.0. The van der Waals surface area contributed by atoms with Crippen LogP contribution in [0.3, 0.4) is 0 Å². The van der Waals surface area contributed by atoms with Crippen LogP contribution in [0.2, 0.25) is 0 Å². The summed E-state index contributed by atoms with van der Waals surface area (Å²) < 4.78 is 5.67. The molecule has 2 N–H and O–H groups in total. The molecule has 1 heterocycles. The highest BCUT2D eigenvalue weighted by molar-refractivity contribution is 5.32. The van der Waals surface area contributed by atoms with E-state index >= 15 is 0 Å². The van der Waals surface area contributed by atoms with E-state index in [9.17, 15) is 0 Å². The number of benzene rings is 1. The maximum Gasteiger partial charge on any atom is 0.119 e. The lowest BCUT2D eigenvalue weighted by molar-refractivity contribution is 0.242. The van der Waals surface area contributed by atoms with Crippen LogP contribution in [0.25, 0.3) is 0 Å². The van der Waals surface area contributed by atoms with Gasteiger partial charge in [-0.2, -0.15) is 15.4 Å². The van der Waals surface area contributed by atoms with E-state index in [1.807, 2.05) is 26.0 Å². The molecule has 2 aromatic rings. The Labute approximate surface area is 119 Å². The predicted octanol–water partition coefficient (Wildman–Crippen LogP) is 2.68. The first-order chi connectivity index (χ1) is 9.70. The molecule has 20 heavy (non-hydrogen) atoms. The van der Waals surface area contributed by atoms with Gasteiger partial charge in [0.2, 0.25) is 0 Å². The molecule has 0 bridgehead atoms. The summed E-state index contributed by atoms with van der Waals surface area (Å²) in [5.74, 6) is 0.887. The van der Waals surface area contributed by atoms with Crippen LogP contribution in [0.4, 0.5) is 0 Å². The number of rotatable bonds is 7. The standard InChI is InChI=1S/C15H22N4O/c1-4-9-16-15(14-10-17-19-18-14)12-5-7-13(8-6-12)20-11(2)3/h5-8,10-11,15-16H,4,9H2,1-3H3,(H,17,18,19). The fourth-order valence-electron chi connectivity index (χ4n) is 2.04. The zero-order valence-electron chi connectivity index (χ0n) is 12.3. The van der Waals surface area contributed by atoms with Crippen molar-refractivity contribution in [2.24, 2.45) is 0 Å². The van der Waals surface area contributed by atoms with E-state index in [1.54, 1.807) is 6.20 Å². The minimum atomic E-state index is 0.0572. The molecule has 2 rings (SSSR count). The Morgan fingerprint density at radius 2 is 2.00 bits per heavy atom. The van der Waals surface area contributed by atoms with Gasteiger partial charge in [-0.25, -0.2) is 0 Å². The van der Waals surface area contributed by atoms with Crippen molar-refractivity contribution in [1.82, 2.24) is 20.7 Å². The quantitative estimate of drug-likeness (QED) is 0.815. The Morgan fingerprint density at radius 3 is 2.55 bits per heavy atom. The molecule has 0 aliphatic rings. The highest BCUT2D eigenvalue weighted by Crippen LogP contribution is 2.22. The van der Waals surface area contributed by atoms with Gasteiger partial charge in [-0.05, 0) is 44.5 Å². The Balaban J connectivity index is 2.16. The maximum atomic E-state index is 5.67. The summed E-state index contributed by atoms with van der Waals surface area (Å²) in [5, 5.41) is 14.2. The number of nitrogens with zero attached hydrogens (tertiary/aromatic N) is 2. The number of hydrogen-bond donors (Lipinski definition) is 2. The van der Waals surface area contributed by atoms with E-state index in [4.69, 9.17) is 4.74 Å². The third-order valence-corrected chi connectivity index (χ3v) is 2.91. The molecule has 0 saturated heterocycles. The van der Waals surface area contributed by atoms with Crippen molar-refractivity contribution in [3.63, 3.8) is 0 Å². The van der Waals surface area contributed by atoms with Gasteiger partial charge in [0, 0.05) is 0 Å². The van der Waals surface area contributed by atoms with Gasteiger partial charge in [0.25, 0.3) is 0 Å². The van der Waals surface area contributed by atoms with Crippen LogP contribution < -0.4 is 10.1 Å². The molecule has 5 heteroatoms. The molecule has 1 aromatic carbocycles. The van der Waals surface area contributed by atoms with E-state index in [2.05, 4.69) is 39.8 Å². The zero-order chi connectivity index (χ0) is 14.4. The highest BCUT2D eigenvalue weighted by Gasteiger charge is 2.15. The topological polar surface area (TPSA) is 62.8 Å². The largest absolute Gasteiger partial charge is 0.491 e. The molecule has 0 saturated carbocycles. The van der Waals surface area contributed by atoms with Crippen LogP contribution in [-0.4, -0.2) is 28.1 Å². The van der Waals surface area contributed by atoms with Crippen LogP contribution in [-0.2, 0) is 0 Å². The van der Waals surface area contributed by atoms with Crippen molar-refractivity contribution >= 4 is 0 Å². The molecule has 1 unspecified atom stereocenters. The Bertz CT molecular complexity index is 493. The summed E-state index contributed by atoms with van der Waals surface area (Å²) in [6, 6.07) is 8.19. The van der Waals surface area contributed by atoms with Gasteiger partial charge in [0.15, 0.2) is 0 Å². The molecule has 1 atom stereocenters. The molecule has 0 fully saturated rings. The van der Waals surface area contributed by atoms with Gasteiger partial charge in [-0.3, -0.25) is 0 Å². The monoisotopic (exact) mass is 274 g/mol. The minimum absolute atomic E-state index is 0.0572. The molecule has 108 valence electrons. The molecule has 0 aliphatic heterocycles. The van der Waals surface area contributed by atoms with E-state index in [-0.39, 0.29) is 12.1 Å². The van der Waals surface area contributed by atoms with Crippen LogP contribution in [0.5, 0.6) is 5.75 Å². The fourth-order valence-corrected chi connectivity index (χ4v) is 2.04. The number of nitrogens with one attached hydrogen (secondary N) is 2. The van der Waals surface area contributed by atoms with Gasteiger partial charge in [0.05, 0.1) is 18.3 Å². The van der Waals surface area contributed by atoms with Crippen molar-refractivity contribution in [2.75, 3.05) is 6.54 Å². The van der Waals surface area contributed by atoms with Crippen LogP contribution in [0, 0.1) is 0 Å². The van der Waals surface area contributed by atoms with Crippen molar-refractivity contribution in [1.29, 1.82) is 0 Å². The molecule has 0 aliphatic carbocycles. The van der Waals surface area contributed by atoms with E-state index in [1.165, 1.54) is 0 Å². The Hall–Kier alpha value is -1.88. The minimum Gasteiger partial charge on any atom is -0.491 e. The number of aromatic amines is 1. The summed E-state index contributed by atoms with van der Waals surface area (Å²) in [5.41, 5.74) is 2.06. The van der Waals surface area contributed by atoms with E-state index in [0.717, 1.165) is 30.0 Å². The van der Waals surface area contributed by atoms with Crippen LogP contribution in [0.15, 0.2) is 30.5 Å². The summed E-state index contributed by atoms with van der Waals surface area (Å²) >= 11 is 0. The average Bonchev–Trinajstić information content (AvgIpc) is 2.94. The SMILES string of the molecule is CCCNC(c1ccc(OC(C)C)cc1)c1cn[nH]n1. The van der Waals surface area contributed by atoms with Gasteiger partial charge in [-0.15, -0.1) is 0 Å². The number of ether oxygens (including phenoxy) is 1. The van der Waals surface area contributed by atoms with Gasteiger partial charge >= 0.3 is 0 Å². The maximum absolute atomic E-state index is 5.67. The fraction of sp³-hybridized carbons (Fsp3) is 0.467. The smallest absolute Gasteiger partial charge is 0.119 e. The lowest BCUT2D eigenvalue weighted by Gasteiger charge is -2.17. The van der Waals surface area contributed by atoms with Gasteiger partial charge in [-0.1, -0.05) is 19.1 Å². The molecule has 0 amide bonds. The van der Waals surface area contributed by atoms with E-state index in [0.29, 0.717) is 0 Å². The first-order valence-electron chi connectivity index (χ1n) is 7.06. The zero-order valence-corrected chi connectivity index (χ0v) is 12.3. The predicted molar refractivity (Wildman–Crippen MR) is 78.7 cm³/mol. The third kappa shape index (κ3) is 3.81. The molecule has 0 spiro atoms. The Morgan fingerprint density at radius 1 is 1.25 bits per heavy atom. The molecule has 5 nitrogen and oxygen atoms in total. The van der Waals surface area contributed by atoms with Crippen molar-refractivity contribution in [3.05, 3.63) is 41.7 Å². The first kappa shape index (κ1) is 14.5. The summed E-state index contributed by atoms with van der Waals surface area (Å²) in [6.45, 7) is 7.12. The van der Waals surface area contributed by atoms with Crippen molar-refractivity contribution in [3.8, 4) is 5.75 Å². The second-order valence-electron chi connectivity index (χ2n) is 5.02. The molecule has 0 radical (unpaired) electrons. The van der Waals surface area contributed by atoms with Gasteiger partial charge in [0.1, 0.15) is 11.4 Å². The average molecular weight is 274 g/mol. The van der Waals surface area contributed by atoms with Crippen molar-refractivity contribution in [2.45, 2.75) is 39.3 Å². The molecule has 1 aromatic heterocycles. The summed E-state index contributed by atoms with van der Waals surface area (Å²) in [4.78, 5) is 0. The lowest BCUT2D eigenvalue weighted by Crippen LogP contribution is -2.23. The van der Waals surface area contributed by atoms with Crippen molar-refractivity contribution < 1.29 is 4.74 Å². The van der Waals surface area contributed by atoms with Crippen LogP contribution >= 0.6 is 0 Å². The summed E-state index contributed by atoms with van der Waals surface area (Å²) in [6.07, 6.45) is 3.01. The number of aromatic nitrogens is 3. The Kier molecular flexibility index (Phi) is 5.12. The first-order valence-corrected chi connectivity index (χ1v) is 7.06. The highest BCUT2D eigenvalue weighted by atomic mass is 16.5. The third-order valence-electron chi connectivity index (χ3n) is 2.91. The van der Waals surface area contributed by atoms with Crippen LogP contribution in [0.1, 0.15) is 44.5 Å². The normalized spacial score (nSPS) is 12.6. The number of H-pyrrole nitrogens is 1. The molecular formula is C15H22N4O. The molecular weight excluding hydrogens is 252 g/mol.